The van der Waals surface area contributed by atoms with Gasteiger partial charge in [0.15, 0.2) is 0 Å². The second kappa shape index (κ2) is 9.41. The maximum Gasteiger partial charge on any atom is 0.233 e. The van der Waals surface area contributed by atoms with Gasteiger partial charge in [0.05, 0.1) is 17.3 Å². The fourth-order valence-corrected chi connectivity index (χ4v) is 2.79. The number of carbonyl (C=O) groups excluding carboxylic acids is 2. The van der Waals surface area contributed by atoms with Gasteiger partial charge in [-0.1, -0.05) is 17.7 Å². The molecule has 0 aliphatic heterocycles. The average molecular weight is 310 g/mol. The molecule has 0 aromatic heterocycles. The minimum absolute atomic E-state index is 0.0141. The molecule has 1 rings (SSSR count). The van der Waals surface area contributed by atoms with E-state index < -0.39 is 10.8 Å². The van der Waals surface area contributed by atoms with E-state index >= 15 is 0 Å². The van der Waals surface area contributed by atoms with E-state index in [9.17, 15) is 13.8 Å². The molecule has 5 nitrogen and oxygen atoms in total. The van der Waals surface area contributed by atoms with Crippen LogP contribution in [0.5, 0.6) is 0 Å². The number of rotatable bonds is 9. The predicted octanol–water partition coefficient (Wildman–Crippen LogP) is 0.788. The molecule has 0 saturated carbocycles. The highest BCUT2D eigenvalue weighted by atomic mass is 32.2. The second-order valence-electron chi connectivity index (χ2n) is 4.78. The van der Waals surface area contributed by atoms with E-state index in [1.165, 1.54) is 0 Å². The lowest BCUT2D eigenvalue weighted by molar-refractivity contribution is -0.120. The first-order valence-corrected chi connectivity index (χ1v) is 8.23. The quantitative estimate of drug-likeness (QED) is 0.707. The van der Waals surface area contributed by atoms with Crippen molar-refractivity contribution in [3.8, 4) is 0 Å². The molecule has 1 aromatic rings. The Bertz CT molecular complexity index is 500. The Hall–Kier alpha value is -1.53. The van der Waals surface area contributed by atoms with Crippen LogP contribution in [0.3, 0.4) is 0 Å². The molecule has 1 aromatic carbocycles. The first-order chi connectivity index (χ1) is 10.0. The fraction of sp³-hybridized carbons (Fsp3) is 0.467. The van der Waals surface area contributed by atoms with Crippen molar-refractivity contribution in [2.75, 3.05) is 25.9 Å². The van der Waals surface area contributed by atoms with Gasteiger partial charge < -0.3 is 10.6 Å². The molecule has 0 aliphatic carbocycles. The van der Waals surface area contributed by atoms with Gasteiger partial charge in [0, 0.05) is 30.0 Å². The van der Waals surface area contributed by atoms with Gasteiger partial charge in [0.1, 0.15) is 5.78 Å². The van der Waals surface area contributed by atoms with E-state index in [2.05, 4.69) is 10.6 Å². The van der Waals surface area contributed by atoms with Crippen LogP contribution in [0.1, 0.15) is 18.4 Å². The Morgan fingerprint density at radius 1 is 1.14 bits per heavy atom. The molecule has 0 bridgehead atoms. The number of aryl methyl sites for hydroxylation is 1. The number of nitrogens with one attached hydrogen (secondary N) is 2. The van der Waals surface area contributed by atoms with E-state index in [4.69, 9.17) is 0 Å². The van der Waals surface area contributed by atoms with Crippen molar-refractivity contribution in [3.63, 3.8) is 0 Å². The molecular weight excluding hydrogens is 288 g/mol. The number of hydrogen-bond acceptors (Lipinski definition) is 4. The minimum Gasteiger partial charge on any atom is -0.355 e. The molecule has 0 saturated heterocycles. The number of benzene rings is 1. The normalized spacial score (nSPS) is 11.9. The summed E-state index contributed by atoms with van der Waals surface area (Å²) >= 11 is 0. The summed E-state index contributed by atoms with van der Waals surface area (Å²) in [5.41, 5.74) is 1.11. The van der Waals surface area contributed by atoms with Crippen molar-refractivity contribution in [2.45, 2.75) is 24.7 Å². The van der Waals surface area contributed by atoms with Crippen LogP contribution in [0.15, 0.2) is 29.2 Å². The van der Waals surface area contributed by atoms with Crippen molar-refractivity contribution < 1.29 is 13.8 Å². The average Bonchev–Trinajstić information content (AvgIpc) is 2.46. The van der Waals surface area contributed by atoms with Crippen LogP contribution in [-0.4, -0.2) is 41.8 Å². The summed E-state index contributed by atoms with van der Waals surface area (Å²) in [6, 6.07) is 7.47. The summed E-state index contributed by atoms with van der Waals surface area (Å²) in [4.78, 5) is 23.6. The van der Waals surface area contributed by atoms with Gasteiger partial charge in [-0.05, 0) is 26.1 Å². The third-order valence-corrected chi connectivity index (χ3v) is 4.29. The maximum absolute atomic E-state index is 12.0. The summed E-state index contributed by atoms with van der Waals surface area (Å²) < 4.78 is 12.0. The highest BCUT2D eigenvalue weighted by Gasteiger charge is 2.08. The molecule has 0 fully saturated rings. The number of carbonyl (C=O) groups is 2. The molecule has 1 amide bonds. The van der Waals surface area contributed by atoms with Gasteiger partial charge in [-0.15, -0.1) is 0 Å². The first kappa shape index (κ1) is 17.5. The van der Waals surface area contributed by atoms with Gasteiger partial charge in [0.2, 0.25) is 5.91 Å². The molecule has 116 valence electrons. The van der Waals surface area contributed by atoms with Crippen molar-refractivity contribution in [1.82, 2.24) is 10.6 Å². The monoisotopic (exact) mass is 310 g/mol. The topological polar surface area (TPSA) is 75.3 Å². The van der Waals surface area contributed by atoms with E-state index in [0.29, 0.717) is 12.3 Å². The Labute approximate surface area is 128 Å². The highest BCUT2D eigenvalue weighted by molar-refractivity contribution is 7.85. The molecule has 1 unspecified atom stereocenters. The molecule has 0 heterocycles. The lowest BCUT2D eigenvalue weighted by Crippen LogP contribution is -2.33. The van der Waals surface area contributed by atoms with Crippen LogP contribution < -0.4 is 10.6 Å². The molecule has 2 N–H and O–H groups in total. The number of amides is 1. The van der Waals surface area contributed by atoms with Crippen LogP contribution in [-0.2, 0) is 20.4 Å². The molecule has 21 heavy (non-hydrogen) atoms. The number of Topliss-reactive ketones (excluding diaryl/α,β-unsaturated/α-hetero) is 1. The Morgan fingerprint density at radius 2 is 1.81 bits per heavy atom. The van der Waals surface area contributed by atoms with Crippen molar-refractivity contribution in [2.24, 2.45) is 0 Å². The number of likely N-dealkylation sites (N-methyl/N-ethyl adjacent to an activating group) is 1. The van der Waals surface area contributed by atoms with Crippen molar-refractivity contribution in [1.29, 1.82) is 0 Å². The summed E-state index contributed by atoms with van der Waals surface area (Å²) in [5, 5.41) is 5.37. The Morgan fingerprint density at radius 3 is 2.43 bits per heavy atom. The molecular formula is C15H22N2O3S. The summed E-state index contributed by atoms with van der Waals surface area (Å²) in [6.07, 6.45) is 0.545. The van der Waals surface area contributed by atoms with Crippen molar-refractivity contribution in [3.05, 3.63) is 29.8 Å². The summed E-state index contributed by atoms with van der Waals surface area (Å²) in [5.74, 6) is 0.209. The molecule has 0 aliphatic rings. The zero-order chi connectivity index (χ0) is 15.7. The molecule has 0 spiro atoms. The van der Waals surface area contributed by atoms with Gasteiger partial charge in [-0.3, -0.25) is 13.8 Å². The minimum atomic E-state index is -1.15. The van der Waals surface area contributed by atoms with E-state index in [-0.39, 0.29) is 31.1 Å². The lowest BCUT2D eigenvalue weighted by atomic mass is 10.2. The third kappa shape index (κ3) is 7.15. The Kier molecular flexibility index (Phi) is 7.85. The van der Waals surface area contributed by atoms with Crippen LogP contribution in [0.2, 0.25) is 0 Å². The smallest absolute Gasteiger partial charge is 0.233 e. The van der Waals surface area contributed by atoms with Gasteiger partial charge in [-0.2, -0.15) is 0 Å². The van der Waals surface area contributed by atoms with Gasteiger partial charge >= 0.3 is 0 Å². The zero-order valence-corrected chi connectivity index (χ0v) is 13.3. The van der Waals surface area contributed by atoms with Gasteiger partial charge in [0.25, 0.3) is 0 Å². The first-order valence-electron chi connectivity index (χ1n) is 6.91. The van der Waals surface area contributed by atoms with Crippen LogP contribution in [0.25, 0.3) is 0 Å². The second-order valence-corrected chi connectivity index (χ2v) is 6.35. The summed E-state index contributed by atoms with van der Waals surface area (Å²) in [7, 11) is 0.538. The van der Waals surface area contributed by atoms with E-state index in [1.54, 1.807) is 7.05 Å². The zero-order valence-electron chi connectivity index (χ0n) is 12.5. The SMILES string of the molecule is CNCC(=O)NCCC(=O)CCS(=O)c1ccc(C)cc1. The maximum atomic E-state index is 12.0. The summed E-state index contributed by atoms with van der Waals surface area (Å²) in [6.45, 7) is 2.54. The molecule has 1 atom stereocenters. The largest absolute Gasteiger partial charge is 0.355 e. The predicted molar refractivity (Wildman–Crippen MR) is 83.6 cm³/mol. The number of ketones is 1. The van der Waals surface area contributed by atoms with Crippen molar-refractivity contribution >= 4 is 22.5 Å². The van der Waals surface area contributed by atoms with Gasteiger partial charge in [-0.25, -0.2) is 0 Å². The standard InChI is InChI=1S/C15H22N2O3S/c1-12-3-5-14(6-4-12)21(20)10-8-13(18)7-9-17-15(19)11-16-2/h3-6,16H,7-11H2,1-2H3,(H,17,19). The number of hydrogen-bond donors (Lipinski definition) is 2. The molecule has 6 heteroatoms. The van der Waals surface area contributed by atoms with Crippen LogP contribution in [0.4, 0.5) is 0 Å². The highest BCUT2D eigenvalue weighted by Crippen LogP contribution is 2.09. The Balaban J connectivity index is 2.25. The van der Waals surface area contributed by atoms with Crippen LogP contribution >= 0.6 is 0 Å². The lowest BCUT2D eigenvalue weighted by Gasteiger charge is -2.05. The third-order valence-electron chi connectivity index (χ3n) is 2.91. The van der Waals surface area contributed by atoms with Crippen LogP contribution in [0, 0.1) is 6.92 Å². The fourth-order valence-electron chi connectivity index (χ4n) is 1.70. The molecule has 0 radical (unpaired) electrons. The van der Waals surface area contributed by atoms with E-state index in [0.717, 1.165) is 10.5 Å². The van der Waals surface area contributed by atoms with E-state index in [1.807, 2.05) is 31.2 Å².